The summed E-state index contributed by atoms with van der Waals surface area (Å²) >= 11 is 0. The average molecular weight is 380 g/mol. The first-order chi connectivity index (χ1) is 12.8. The standard InChI is InChI=1S/C19H26F2N4O2/c1-3-24-9-8-19(7-6-17(24)26)13-25(11-10-23(19)2)18(27)22-16-5-4-14(20)12-15(16)21/h4-5,12H,3,6-11,13H2,1-2H3,(H,22,27)/t19-/m0/s1. The van der Waals surface area contributed by atoms with Gasteiger partial charge in [-0.2, -0.15) is 0 Å². The van der Waals surface area contributed by atoms with Gasteiger partial charge in [-0.15, -0.1) is 0 Å². The zero-order valence-electron chi connectivity index (χ0n) is 15.8. The van der Waals surface area contributed by atoms with Crippen LogP contribution in [0.2, 0.25) is 0 Å². The third-order valence-electron chi connectivity index (χ3n) is 5.85. The predicted molar refractivity (Wildman–Crippen MR) is 98.4 cm³/mol. The van der Waals surface area contributed by atoms with Crippen LogP contribution in [0.3, 0.4) is 0 Å². The largest absolute Gasteiger partial charge is 0.343 e. The van der Waals surface area contributed by atoms with Gasteiger partial charge in [-0.1, -0.05) is 0 Å². The van der Waals surface area contributed by atoms with E-state index in [4.69, 9.17) is 0 Å². The highest BCUT2D eigenvalue weighted by Gasteiger charge is 2.43. The van der Waals surface area contributed by atoms with Crippen LogP contribution in [0.15, 0.2) is 18.2 Å². The van der Waals surface area contributed by atoms with Crippen LogP contribution in [0.5, 0.6) is 0 Å². The summed E-state index contributed by atoms with van der Waals surface area (Å²) in [4.78, 5) is 30.7. The summed E-state index contributed by atoms with van der Waals surface area (Å²) in [7, 11) is 2.03. The number of likely N-dealkylation sites (N-methyl/N-ethyl adjacent to an activating group) is 1. The highest BCUT2D eigenvalue weighted by molar-refractivity contribution is 5.89. The number of hydrogen-bond donors (Lipinski definition) is 1. The Morgan fingerprint density at radius 2 is 2.00 bits per heavy atom. The number of anilines is 1. The third-order valence-corrected chi connectivity index (χ3v) is 5.85. The van der Waals surface area contributed by atoms with E-state index in [9.17, 15) is 18.4 Å². The Balaban J connectivity index is 1.72. The minimum Gasteiger partial charge on any atom is -0.343 e. The van der Waals surface area contributed by atoms with E-state index in [1.807, 2.05) is 18.9 Å². The summed E-state index contributed by atoms with van der Waals surface area (Å²) in [6.07, 6.45) is 1.94. The number of carbonyl (C=O) groups excluding carboxylic acids is 2. The Hall–Kier alpha value is -2.22. The van der Waals surface area contributed by atoms with Crippen LogP contribution in [-0.4, -0.2) is 71.9 Å². The van der Waals surface area contributed by atoms with Crippen LogP contribution in [0.1, 0.15) is 26.2 Å². The minimum absolute atomic E-state index is 0.0393. The van der Waals surface area contributed by atoms with E-state index in [0.29, 0.717) is 45.6 Å². The molecule has 1 spiro atoms. The molecule has 2 heterocycles. The van der Waals surface area contributed by atoms with Crippen molar-refractivity contribution in [2.24, 2.45) is 0 Å². The molecule has 1 aromatic rings. The lowest BCUT2D eigenvalue weighted by molar-refractivity contribution is -0.130. The van der Waals surface area contributed by atoms with Gasteiger partial charge in [0.05, 0.1) is 5.69 Å². The first-order valence-electron chi connectivity index (χ1n) is 9.34. The zero-order valence-corrected chi connectivity index (χ0v) is 15.8. The zero-order chi connectivity index (χ0) is 19.6. The van der Waals surface area contributed by atoms with Crippen molar-refractivity contribution in [1.29, 1.82) is 0 Å². The summed E-state index contributed by atoms with van der Waals surface area (Å²) in [6.45, 7) is 4.99. The van der Waals surface area contributed by atoms with Crippen LogP contribution in [0, 0.1) is 11.6 Å². The summed E-state index contributed by atoms with van der Waals surface area (Å²) in [5, 5.41) is 2.54. The smallest absolute Gasteiger partial charge is 0.322 e. The van der Waals surface area contributed by atoms with Crippen molar-refractivity contribution in [1.82, 2.24) is 14.7 Å². The lowest BCUT2D eigenvalue weighted by Gasteiger charge is -2.49. The quantitative estimate of drug-likeness (QED) is 0.858. The number of nitrogens with one attached hydrogen (secondary N) is 1. The number of halogens is 2. The number of carbonyl (C=O) groups is 2. The Morgan fingerprint density at radius 3 is 2.70 bits per heavy atom. The van der Waals surface area contributed by atoms with E-state index >= 15 is 0 Å². The van der Waals surface area contributed by atoms with Crippen LogP contribution in [-0.2, 0) is 4.79 Å². The van der Waals surface area contributed by atoms with Crippen molar-refractivity contribution < 1.29 is 18.4 Å². The van der Waals surface area contributed by atoms with Gasteiger partial charge in [0, 0.05) is 50.7 Å². The summed E-state index contributed by atoms with van der Waals surface area (Å²) in [6, 6.07) is 2.67. The fraction of sp³-hybridized carbons (Fsp3) is 0.579. The molecular weight excluding hydrogens is 354 g/mol. The number of piperazine rings is 1. The van der Waals surface area contributed by atoms with E-state index in [0.717, 1.165) is 18.6 Å². The Kier molecular flexibility index (Phi) is 5.64. The third kappa shape index (κ3) is 4.05. The molecule has 2 saturated heterocycles. The van der Waals surface area contributed by atoms with Crippen LogP contribution in [0.25, 0.3) is 0 Å². The molecule has 2 aliphatic heterocycles. The second-order valence-electron chi connectivity index (χ2n) is 7.35. The Labute approximate surface area is 158 Å². The Morgan fingerprint density at radius 1 is 1.22 bits per heavy atom. The van der Waals surface area contributed by atoms with Gasteiger partial charge in [0.1, 0.15) is 11.6 Å². The number of amides is 3. The highest BCUT2D eigenvalue weighted by atomic mass is 19.1. The molecule has 1 atom stereocenters. The molecular formula is C19H26F2N4O2. The molecule has 2 fully saturated rings. The lowest BCUT2D eigenvalue weighted by atomic mass is 9.86. The van der Waals surface area contributed by atoms with Crippen molar-refractivity contribution in [2.45, 2.75) is 31.7 Å². The molecule has 1 aromatic carbocycles. The number of urea groups is 1. The maximum absolute atomic E-state index is 13.8. The Bertz CT molecular complexity index is 730. The fourth-order valence-electron chi connectivity index (χ4n) is 3.99. The van der Waals surface area contributed by atoms with E-state index in [-0.39, 0.29) is 17.1 Å². The number of nitrogens with zero attached hydrogens (tertiary/aromatic N) is 3. The topological polar surface area (TPSA) is 55.9 Å². The number of benzene rings is 1. The minimum atomic E-state index is -0.800. The van der Waals surface area contributed by atoms with Crippen molar-refractivity contribution >= 4 is 17.6 Å². The van der Waals surface area contributed by atoms with Crippen LogP contribution in [0.4, 0.5) is 19.3 Å². The molecule has 2 aliphatic rings. The second-order valence-corrected chi connectivity index (χ2v) is 7.35. The van der Waals surface area contributed by atoms with Gasteiger partial charge < -0.3 is 15.1 Å². The normalized spacial score (nSPS) is 24.2. The molecule has 0 saturated carbocycles. The molecule has 3 amide bonds. The monoisotopic (exact) mass is 380 g/mol. The van der Waals surface area contributed by atoms with Crippen molar-refractivity contribution in [3.8, 4) is 0 Å². The highest BCUT2D eigenvalue weighted by Crippen LogP contribution is 2.32. The van der Waals surface area contributed by atoms with E-state index in [1.54, 1.807) is 4.90 Å². The van der Waals surface area contributed by atoms with Crippen LogP contribution < -0.4 is 5.32 Å². The molecule has 3 rings (SSSR count). The maximum atomic E-state index is 13.8. The van der Waals surface area contributed by atoms with Gasteiger partial charge in [-0.25, -0.2) is 13.6 Å². The molecule has 6 nitrogen and oxygen atoms in total. The van der Waals surface area contributed by atoms with E-state index in [2.05, 4.69) is 10.2 Å². The summed E-state index contributed by atoms with van der Waals surface area (Å²) in [5.74, 6) is -1.34. The first kappa shape index (κ1) is 19.5. The molecule has 0 unspecified atom stereocenters. The van der Waals surface area contributed by atoms with Gasteiger partial charge in [-0.05, 0) is 38.9 Å². The molecule has 0 aliphatic carbocycles. The first-order valence-corrected chi connectivity index (χ1v) is 9.34. The molecule has 148 valence electrons. The van der Waals surface area contributed by atoms with E-state index < -0.39 is 17.7 Å². The summed E-state index contributed by atoms with van der Waals surface area (Å²) < 4.78 is 26.9. The van der Waals surface area contributed by atoms with Gasteiger partial charge in [-0.3, -0.25) is 9.69 Å². The van der Waals surface area contributed by atoms with Gasteiger partial charge in [0.2, 0.25) is 5.91 Å². The van der Waals surface area contributed by atoms with Gasteiger partial charge in [0.25, 0.3) is 0 Å². The fourth-order valence-corrected chi connectivity index (χ4v) is 3.99. The van der Waals surface area contributed by atoms with Crippen molar-refractivity contribution in [3.05, 3.63) is 29.8 Å². The van der Waals surface area contributed by atoms with Crippen LogP contribution >= 0.6 is 0 Å². The molecule has 0 aromatic heterocycles. The summed E-state index contributed by atoms with van der Waals surface area (Å²) in [5.41, 5.74) is -0.307. The molecule has 0 radical (unpaired) electrons. The van der Waals surface area contributed by atoms with Crippen molar-refractivity contribution in [3.63, 3.8) is 0 Å². The average Bonchev–Trinajstić information content (AvgIpc) is 2.79. The predicted octanol–water partition coefficient (Wildman–Crippen LogP) is 2.52. The van der Waals surface area contributed by atoms with E-state index in [1.165, 1.54) is 6.07 Å². The molecule has 8 heteroatoms. The van der Waals surface area contributed by atoms with Gasteiger partial charge >= 0.3 is 6.03 Å². The maximum Gasteiger partial charge on any atom is 0.322 e. The molecule has 1 N–H and O–H groups in total. The number of likely N-dealkylation sites (tertiary alicyclic amines) is 1. The lowest BCUT2D eigenvalue weighted by Crippen LogP contribution is -2.62. The second kappa shape index (κ2) is 7.80. The van der Waals surface area contributed by atoms with Gasteiger partial charge in [0.15, 0.2) is 0 Å². The molecule has 27 heavy (non-hydrogen) atoms. The molecule has 0 bridgehead atoms. The number of rotatable bonds is 2. The SMILES string of the molecule is CCN1CC[C@@]2(CCC1=O)CN(C(=O)Nc1ccc(F)cc1F)CCN2C. The number of hydrogen-bond acceptors (Lipinski definition) is 3. The van der Waals surface area contributed by atoms with Crippen molar-refractivity contribution in [2.75, 3.05) is 45.1 Å².